The van der Waals surface area contributed by atoms with Gasteiger partial charge in [0.05, 0.1) is 11.8 Å². The summed E-state index contributed by atoms with van der Waals surface area (Å²) in [7, 11) is -3.09. The van der Waals surface area contributed by atoms with E-state index in [9.17, 15) is 13.2 Å². The van der Waals surface area contributed by atoms with E-state index in [1.54, 1.807) is 12.3 Å². The van der Waals surface area contributed by atoms with Crippen LogP contribution in [0.3, 0.4) is 0 Å². The SMILES string of the molecule is Cc1cncc(C(=O)C(N)CCS(C)(=O)=O)c1. The highest BCUT2D eigenvalue weighted by Crippen LogP contribution is 2.06. The fraction of sp³-hybridized carbons (Fsp3) is 0.455. The number of hydrogen-bond acceptors (Lipinski definition) is 5. The number of nitrogens with two attached hydrogens (primary N) is 1. The van der Waals surface area contributed by atoms with Gasteiger partial charge in [0.1, 0.15) is 9.84 Å². The maximum Gasteiger partial charge on any atom is 0.181 e. The Bertz CT molecular complexity index is 511. The first-order valence-corrected chi connectivity index (χ1v) is 7.25. The molecule has 1 heterocycles. The van der Waals surface area contributed by atoms with Gasteiger partial charge < -0.3 is 5.73 Å². The number of nitrogens with zero attached hydrogens (tertiary/aromatic N) is 1. The minimum absolute atomic E-state index is 0.0842. The van der Waals surface area contributed by atoms with Gasteiger partial charge in [-0.05, 0) is 25.0 Å². The third-order valence-corrected chi connectivity index (χ3v) is 3.27. The van der Waals surface area contributed by atoms with Gasteiger partial charge in [-0.2, -0.15) is 0 Å². The van der Waals surface area contributed by atoms with E-state index in [4.69, 9.17) is 5.73 Å². The first-order chi connectivity index (χ1) is 7.79. The van der Waals surface area contributed by atoms with Gasteiger partial charge in [-0.1, -0.05) is 0 Å². The van der Waals surface area contributed by atoms with Crippen molar-refractivity contribution in [1.82, 2.24) is 4.98 Å². The van der Waals surface area contributed by atoms with Crippen LogP contribution in [0.5, 0.6) is 0 Å². The predicted octanol–water partition coefficient (Wildman–Crippen LogP) is 0.335. The summed E-state index contributed by atoms with van der Waals surface area (Å²) in [6.07, 6.45) is 4.33. The maximum absolute atomic E-state index is 11.9. The lowest BCUT2D eigenvalue weighted by Crippen LogP contribution is -2.32. The Morgan fingerprint density at radius 2 is 2.12 bits per heavy atom. The van der Waals surface area contributed by atoms with Crippen molar-refractivity contribution >= 4 is 15.6 Å². The largest absolute Gasteiger partial charge is 0.321 e. The summed E-state index contributed by atoms with van der Waals surface area (Å²) >= 11 is 0. The standard InChI is InChI=1S/C11H16N2O3S/c1-8-5-9(7-13-6-8)11(14)10(12)3-4-17(2,15)16/h5-7,10H,3-4,12H2,1-2H3. The van der Waals surface area contributed by atoms with Gasteiger partial charge in [0.15, 0.2) is 5.78 Å². The summed E-state index contributed by atoms with van der Waals surface area (Å²) in [6.45, 7) is 1.83. The molecule has 1 aromatic rings. The van der Waals surface area contributed by atoms with Crippen LogP contribution in [0.15, 0.2) is 18.5 Å². The number of carbonyl (C=O) groups is 1. The molecule has 0 bridgehead atoms. The Kier molecular flexibility index (Phi) is 4.36. The Morgan fingerprint density at radius 3 is 2.65 bits per heavy atom. The molecule has 0 aliphatic rings. The molecule has 1 unspecified atom stereocenters. The van der Waals surface area contributed by atoms with Gasteiger partial charge in [0, 0.05) is 24.2 Å². The van der Waals surface area contributed by atoms with Gasteiger partial charge in [0.25, 0.3) is 0 Å². The molecule has 2 N–H and O–H groups in total. The van der Waals surface area contributed by atoms with Crippen LogP contribution in [0.4, 0.5) is 0 Å². The normalized spacial score (nSPS) is 13.4. The zero-order valence-electron chi connectivity index (χ0n) is 9.88. The number of Topliss-reactive ketones (excluding diaryl/α,β-unsaturated/α-hetero) is 1. The molecule has 1 aromatic heterocycles. The molecule has 17 heavy (non-hydrogen) atoms. The molecular formula is C11H16N2O3S. The second kappa shape index (κ2) is 5.37. The van der Waals surface area contributed by atoms with Crippen molar-refractivity contribution in [2.24, 2.45) is 5.73 Å². The molecule has 0 aromatic carbocycles. The van der Waals surface area contributed by atoms with E-state index in [1.165, 1.54) is 6.20 Å². The van der Waals surface area contributed by atoms with Crippen molar-refractivity contribution < 1.29 is 13.2 Å². The average Bonchev–Trinajstić information content (AvgIpc) is 2.24. The first-order valence-electron chi connectivity index (χ1n) is 5.19. The van der Waals surface area contributed by atoms with Crippen LogP contribution in [0.1, 0.15) is 22.3 Å². The maximum atomic E-state index is 11.9. The summed E-state index contributed by atoms with van der Waals surface area (Å²) in [6, 6.07) is 0.892. The van der Waals surface area contributed by atoms with Crippen molar-refractivity contribution in [3.05, 3.63) is 29.6 Å². The molecule has 0 saturated carbocycles. The van der Waals surface area contributed by atoms with E-state index >= 15 is 0 Å². The highest BCUT2D eigenvalue weighted by molar-refractivity contribution is 7.90. The molecule has 0 fully saturated rings. The van der Waals surface area contributed by atoms with Crippen molar-refractivity contribution in [1.29, 1.82) is 0 Å². The highest BCUT2D eigenvalue weighted by atomic mass is 32.2. The molecule has 0 aliphatic heterocycles. The first kappa shape index (κ1) is 13.8. The second-order valence-electron chi connectivity index (χ2n) is 4.14. The minimum Gasteiger partial charge on any atom is -0.321 e. The van der Waals surface area contributed by atoms with E-state index in [2.05, 4.69) is 4.98 Å². The summed E-state index contributed by atoms with van der Waals surface area (Å²) in [5.74, 6) is -0.357. The molecule has 94 valence electrons. The van der Waals surface area contributed by atoms with Gasteiger partial charge in [-0.15, -0.1) is 0 Å². The molecule has 0 saturated heterocycles. The number of sulfone groups is 1. The minimum atomic E-state index is -3.09. The second-order valence-corrected chi connectivity index (χ2v) is 6.40. The molecule has 5 nitrogen and oxygen atoms in total. The third-order valence-electron chi connectivity index (χ3n) is 2.30. The van der Waals surface area contributed by atoms with Crippen molar-refractivity contribution in [2.45, 2.75) is 19.4 Å². The van der Waals surface area contributed by atoms with E-state index < -0.39 is 15.9 Å². The lowest BCUT2D eigenvalue weighted by molar-refractivity contribution is 0.0959. The molecule has 0 radical (unpaired) electrons. The molecule has 1 atom stereocenters. The van der Waals surface area contributed by atoms with Gasteiger partial charge in [-0.25, -0.2) is 8.42 Å². The Balaban J connectivity index is 2.70. The van der Waals surface area contributed by atoms with Crippen molar-refractivity contribution in [3.63, 3.8) is 0 Å². The fourth-order valence-corrected chi connectivity index (χ4v) is 2.06. The number of rotatable bonds is 5. The van der Waals surface area contributed by atoms with Gasteiger partial charge >= 0.3 is 0 Å². The smallest absolute Gasteiger partial charge is 0.181 e. The summed E-state index contributed by atoms with van der Waals surface area (Å²) in [5.41, 5.74) is 6.95. The van der Waals surface area contributed by atoms with E-state index in [1.807, 2.05) is 6.92 Å². The Hall–Kier alpha value is -1.27. The van der Waals surface area contributed by atoms with Crippen LogP contribution in [-0.4, -0.2) is 37.2 Å². The topological polar surface area (TPSA) is 90.1 Å². The molecule has 0 spiro atoms. The zero-order valence-corrected chi connectivity index (χ0v) is 10.7. The van der Waals surface area contributed by atoms with Crippen molar-refractivity contribution in [3.8, 4) is 0 Å². The molecule has 0 amide bonds. The lowest BCUT2D eigenvalue weighted by Gasteiger charge is -2.09. The number of aryl methyl sites for hydroxylation is 1. The lowest BCUT2D eigenvalue weighted by atomic mass is 10.0. The fourth-order valence-electron chi connectivity index (χ4n) is 1.38. The summed E-state index contributed by atoms with van der Waals surface area (Å²) < 4.78 is 21.9. The van der Waals surface area contributed by atoms with Crippen LogP contribution >= 0.6 is 0 Å². The van der Waals surface area contributed by atoms with Crippen molar-refractivity contribution in [2.75, 3.05) is 12.0 Å². The third kappa shape index (κ3) is 4.62. The van der Waals surface area contributed by atoms with Crippen LogP contribution in [0, 0.1) is 6.92 Å². The zero-order chi connectivity index (χ0) is 13.1. The summed E-state index contributed by atoms with van der Waals surface area (Å²) in [5, 5.41) is 0. The van der Waals surface area contributed by atoms with E-state index in [0.717, 1.165) is 11.8 Å². The quantitative estimate of drug-likeness (QED) is 0.767. The molecular weight excluding hydrogens is 240 g/mol. The monoisotopic (exact) mass is 256 g/mol. The van der Waals surface area contributed by atoms with Gasteiger partial charge in [0.2, 0.25) is 0 Å². The van der Waals surface area contributed by atoms with Crippen LogP contribution < -0.4 is 5.73 Å². The summed E-state index contributed by atoms with van der Waals surface area (Å²) in [4.78, 5) is 15.8. The number of carbonyl (C=O) groups excluding carboxylic acids is 1. The van der Waals surface area contributed by atoms with Crippen LogP contribution in [-0.2, 0) is 9.84 Å². The predicted molar refractivity (Wildman–Crippen MR) is 65.6 cm³/mol. The number of aromatic nitrogens is 1. The number of pyridine rings is 1. The van der Waals surface area contributed by atoms with Crippen LogP contribution in [0.25, 0.3) is 0 Å². The average molecular weight is 256 g/mol. The van der Waals surface area contributed by atoms with E-state index in [0.29, 0.717) is 5.56 Å². The Morgan fingerprint density at radius 1 is 1.47 bits per heavy atom. The molecule has 6 heteroatoms. The van der Waals surface area contributed by atoms with Crippen LogP contribution in [0.2, 0.25) is 0 Å². The van der Waals surface area contributed by atoms with Gasteiger partial charge in [-0.3, -0.25) is 9.78 Å². The molecule has 1 rings (SSSR count). The number of hydrogen-bond donors (Lipinski definition) is 1. The molecule has 0 aliphatic carbocycles. The highest BCUT2D eigenvalue weighted by Gasteiger charge is 2.17. The van der Waals surface area contributed by atoms with E-state index in [-0.39, 0.29) is 18.0 Å². The number of ketones is 1. The Labute approximate surface area is 101 Å².